The Morgan fingerprint density at radius 3 is 2.48 bits per heavy atom. The van der Waals surface area contributed by atoms with Gasteiger partial charge in [0.2, 0.25) is 5.91 Å². The summed E-state index contributed by atoms with van der Waals surface area (Å²) in [5.74, 6) is -0.818. The van der Waals surface area contributed by atoms with Gasteiger partial charge >= 0.3 is 12.0 Å². The zero-order chi connectivity index (χ0) is 22.3. The van der Waals surface area contributed by atoms with E-state index in [2.05, 4.69) is 10.6 Å². The maximum atomic E-state index is 13.0. The zero-order valence-electron chi connectivity index (χ0n) is 18.0. The van der Waals surface area contributed by atoms with Gasteiger partial charge in [-0.3, -0.25) is 9.69 Å². The van der Waals surface area contributed by atoms with Crippen molar-refractivity contribution in [3.8, 4) is 0 Å². The average Bonchev–Trinajstić information content (AvgIpc) is 3.10. The number of amides is 3. The minimum Gasteiger partial charge on any atom is -0.456 e. The predicted octanol–water partition coefficient (Wildman–Crippen LogP) is 3.44. The van der Waals surface area contributed by atoms with Crippen LogP contribution in [0, 0.1) is 27.7 Å². The van der Waals surface area contributed by atoms with Gasteiger partial charge < -0.3 is 15.4 Å². The smallest absolute Gasteiger partial charge is 0.338 e. The number of hydrogen-bond acceptors (Lipinski definition) is 4. The summed E-state index contributed by atoms with van der Waals surface area (Å²) < 4.78 is 5.26. The molecule has 0 fully saturated rings. The molecule has 0 aromatic heterocycles. The van der Waals surface area contributed by atoms with Gasteiger partial charge in [-0.15, -0.1) is 0 Å². The number of cyclic esters (lactones) is 1. The van der Waals surface area contributed by atoms with Gasteiger partial charge in [0.25, 0.3) is 0 Å². The summed E-state index contributed by atoms with van der Waals surface area (Å²) in [6.45, 7) is 7.50. The third-order valence-electron chi connectivity index (χ3n) is 5.71. The Kier molecular flexibility index (Phi) is 5.27. The van der Waals surface area contributed by atoms with Gasteiger partial charge in [-0.2, -0.15) is 0 Å². The van der Waals surface area contributed by atoms with Crippen LogP contribution in [-0.4, -0.2) is 36.0 Å². The molecule has 2 aliphatic rings. The lowest BCUT2D eigenvalue weighted by Gasteiger charge is -2.33. The average molecular weight is 419 g/mol. The predicted molar refractivity (Wildman–Crippen MR) is 116 cm³/mol. The highest BCUT2D eigenvalue weighted by molar-refractivity contribution is 6.00. The monoisotopic (exact) mass is 419 g/mol. The SMILES string of the molecule is Cc1ccc(C)c(NC(=O)CN2C(=O)NC(c3cc(C)ccc3C)C3=C2COC3=O)c1. The molecular weight excluding hydrogens is 394 g/mol. The van der Waals surface area contributed by atoms with Gasteiger partial charge in [0.15, 0.2) is 0 Å². The number of hydrogen-bond donors (Lipinski definition) is 2. The van der Waals surface area contributed by atoms with E-state index in [1.165, 1.54) is 4.90 Å². The molecule has 2 aliphatic heterocycles. The molecule has 0 spiro atoms. The minimum atomic E-state index is -0.601. The minimum absolute atomic E-state index is 0.0281. The van der Waals surface area contributed by atoms with Crippen molar-refractivity contribution in [2.24, 2.45) is 0 Å². The Labute approximate surface area is 181 Å². The number of ether oxygens (including phenoxy) is 1. The van der Waals surface area contributed by atoms with Crippen LogP contribution >= 0.6 is 0 Å². The van der Waals surface area contributed by atoms with E-state index in [1.54, 1.807) is 0 Å². The first kappa shape index (κ1) is 20.7. The van der Waals surface area contributed by atoms with Crippen LogP contribution in [-0.2, 0) is 14.3 Å². The molecule has 0 radical (unpaired) electrons. The molecule has 1 atom stereocenters. The summed E-state index contributed by atoms with van der Waals surface area (Å²) in [7, 11) is 0. The van der Waals surface area contributed by atoms with Gasteiger partial charge in [0, 0.05) is 5.69 Å². The second-order valence-corrected chi connectivity index (χ2v) is 8.13. The van der Waals surface area contributed by atoms with Crippen molar-refractivity contribution >= 4 is 23.6 Å². The summed E-state index contributed by atoms with van der Waals surface area (Å²) in [5.41, 5.74) is 6.30. The summed E-state index contributed by atoms with van der Waals surface area (Å²) in [6, 6.07) is 10.6. The first-order chi connectivity index (χ1) is 14.7. The number of nitrogens with one attached hydrogen (secondary N) is 2. The molecule has 4 rings (SSSR count). The van der Waals surface area contributed by atoms with Crippen LogP contribution < -0.4 is 10.6 Å². The van der Waals surface area contributed by atoms with Gasteiger partial charge in [-0.25, -0.2) is 9.59 Å². The molecule has 0 saturated heterocycles. The molecular formula is C24H25N3O4. The van der Waals surface area contributed by atoms with E-state index in [4.69, 9.17) is 4.74 Å². The van der Waals surface area contributed by atoms with E-state index in [-0.39, 0.29) is 19.1 Å². The molecule has 1 unspecified atom stereocenters. The van der Waals surface area contributed by atoms with Crippen LogP contribution in [0.5, 0.6) is 0 Å². The molecule has 7 nitrogen and oxygen atoms in total. The van der Waals surface area contributed by atoms with Crippen LogP contribution in [0.2, 0.25) is 0 Å². The Morgan fingerprint density at radius 2 is 1.74 bits per heavy atom. The van der Waals surface area contributed by atoms with Crippen molar-refractivity contribution in [3.63, 3.8) is 0 Å². The number of rotatable bonds is 4. The van der Waals surface area contributed by atoms with Crippen molar-refractivity contribution in [1.82, 2.24) is 10.2 Å². The molecule has 0 bridgehead atoms. The number of benzene rings is 2. The van der Waals surface area contributed by atoms with Crippen molar-refractivity contribution in [2.45, 2.75) is 33.7 Å². The second-order valence-electron chi connectivity index (χ2n) is 8.13. The van der Waals surface area contributed by atoms with Gasteiger partial charge in [-0.05, 0) is 56.0 Å². The number of esters is 1. The number of nitrogens with zero attached hydrogens (tertiary/aromatic N) is 1. The molecule has 2 N–H and O–H groups in total. The van der Waals surface area contributed by atoms with E-state index in [1.807, 2.05) is 64.1 Å². The lowest BCUT2D eigenvalue weighted by Crippen LogP contribution is -2.49. The van der Waals surface area contributed by atoms with Crippen LogP contribution in [0.3, 0.4) is 0 Å². The van der Waals surface area contributed by atoms with E-state index < -0.39 is 18.0 Å². The Balaban J connectivity index is 1.63. The Hall–Kier alpha value is -3.61. The summed E-state index contributed by atoms with van der Waals surface area (Å²) in [6.07, 6.45) is 0. The van der Waals surface area contributed by atoms with Crippen LogP contribution in [0.4, 0.5) is 10.5 Å². The first-order valence-electron chi connectivity index (χ1n) is 10.2. The fourth-order valence-corrected chi connectivity index (χ4v) is 3.99. The number of carbonyl (C=O) groups excluding carboxylic acids is 3. The van der Waals surface area contributed by atoms with Crippen LogP contribution in [0.15, 0.2) is 47.7 Å². The van der Waals surface area contributed by atoms with Crippen molar-refractivity contribution in [3.05, 3.63) is 75.5 Å². The van der Waals surface area contributed by atoms with E-state index in [0.29, 0.717) is 17.0 Å². The third-order valence-corrected chi connectivity index (χ3v) is 5.71. The lowest BCUT2D eigenvalue weighted by molar-refractivity contribution is -0.136. The molecule has 0 aliphatic carbocycles. The zero-order valence-corrected chi connectivity index (χ0v) is 18.0. The van der Waals surface area contributed by atoms with Crippen molar-refractivity contribution in [2.75, 3.05) is 18.5 Å². The Morgan fingerprint density at radius 1 is 1.06 bits per heavy atom. The second kappa shape index (κ2) is 7.91. The first-order valence-corrected chi connectivity index (χ1v) is 10.2. The molecule has 7 heteroatoms. The van der Waals surface area contributed by atoms with E-state index in [0.717, 1.165) is 27.8 Å². The van der Waals surface area contributed by atoms with Crippen LogP contribution in [0.25, 0.3) is 0 Å². The molecule has 31 heavy (non-hydrogen) atoms. The number of aryl methyl sites for hydroxylation is 4. The molecule has 2 heterocycles. The quantitative estimate of drug-likeness (QED) is 0.744. The summed E-state index contributed by atoms with van der Waals surface area (Å²) in [5, 5.41) is 5.75. The molecule has 3 amide bonds. The van der Waals surface area contributed by atoms with Crippen molar-refractivity contribution < 1.29 is 19.1 Å². The molecule has 2 aromatic carbocycles. The van der Waals surface area contributed by atoms with Gasteiger partial charge in [0.05, 0.1) is 17.3 Å². The topological polar surface area (TPSA) is 87.7 Å². The number of anilines is 1. The summed E-state index contributed by atoms with van der Waals surface area (Å²) in [4.78, 5) is 39.5. The van der Waals surface area contributed by atoms with Crippen LogP contribution in [0.1, 0.15) is 33.9 Å². The van der Waals surface area contributed by atoms with Crippen molar-refractivity contribution in [1.29, 1.82) is 0 Å². The third kappa shape index (κ3) is 3.91. The standard InChI is InChI=1S/C24H25N3O4/c1-13-5-7-15(3)17(9-13)22-21-19(12-31-23(21)29)27(24(30)26-22)11-20(28)25-18-10-14(2)6-8-16(18)4/h5-10,22H,11-12H2,1-4H3,(H,25,28)(H,26,30). The fraction of sp³-hybridized carbons (Fsp3) is 0.292. The fourth-order valence-electron chi connectivity index (χ4n) is 3.99. The number of carbonyl (C=O) groups is 3. The highest BCUT2D eigenvalue weighted by atomic mass is 16.5. The lowest BCUT2D eigenvalue weighted by atomic mass is 9.91. The van der Waals surface area contributed by atoms with Gasteiger partial charge in [-0.1, -0.05) is 35.9 Å². The number of urea groups is 1. The summed E-state index contributed by atoms with van der Waals surface area (Å²) >= 11 is 0. The normalized spacial score (nSPS) is 17.9. The van der Waals surface area contributed by atoms with E-state index >= 15 is 0 Å². The van der Waals surface area contributed by atoms with E-state index in [9.17, 15) is 14.4 Å². The molecule has 2 aromatic rings. The van der Waals surface area contributed by atoms with Gasteiger partial charge in [0.1, 0.15) is 13.2 Å². The molecule has 160 valence electrons. The largest absolute Gasteiger partial charge is 0.456 e. The Bertz CT molecular complexity index is 1140. The maximum absolute atomic E-state index is 13.0. The highest BCUT2D eigenvalue weighted by Gasteiger charge is 2.43. The maximum Gasteiger partial charge on any atom is 0.338 e. The molecule has 0 saturated carbocycles. The highest BCUT2D eigenvalue weighted by Crippen LogP contribution is 2.36.